The molecule has 0 radical (unpaired) electrons. The SMILES string of the molecule is c1ccc(-n2c3ccc(-c4cccc(C5(c6ccccc6)c6ccccc6-c6ccccc65)c4)cc3c3ncccc32)cc1. The van der Waals surface area contributed by atoms with Crippen LogP contribution in [0.5, 0.6) is 0 Å². The van der Waals surface area contributed by atoms with E-state index in [9.17, 15) is 0 Å². The second kappa shape index (κ2) is 9.65. The lowest BCUT2D eigenvalue weighted by atomic mass is 9.67. The minimum Gasteiger partial charge on any atom is -0.308 e. The van der Waals surface area contributed by atoms with Crippen LogP contribution in [-0.2, 0) is 5.41 Å². The minimum absolute atomic E-state index is 0.417. The van der Waals surface area contributed by atoms with Crippen molar-refractivity contribution >= 4 is 21.9 Å². The standard InChI is InChI=1S/C42H28N2/c1-3-14-31(15-4-1)42(37-21-9-7-19-34(37)35-20-8-10-22-38(35)42)32-16-11-13-29(27-32)30-24-25-39-36(28-30)41-40(23-12-26-43-41)44(39)33-17-5-2-6-18-33/h1-28H. The van der Waals surface area contributed by atoms with Crippen LogP contribution in [0.3, 0.4) is 0 Å². The van der Waals surface area contributed by atoms with Crippen molar-refractivity contribution < 1.29 is 0 Å². The van der Waals surface area contributed by atoms with E-state index >= 15 is 0 Å². The zero-order chi connectivity index (χ0) is 29.1. The number of fused-ring (bicyclic) bond motifs is 6. The molecule has 206 valence electrons. The first-order valence-corrected chi connectivity index (χ1v) is 15.1. The highest BCUT2D eigenvalue weighted by Gasteiger charge is 2.45. The molecular weight excluding hydrogens is 532 g/mol. The predicted molar refractivity (Wildman–Crippen MR) is 181 cm³/mol. The van der Waals surface area contributed by atoms with Crippen molar-refractivity contribution in [2.75, 3.05) is 0 Å². The molecule has 0 spiro atoms. The first-order chi connectivity index (χ1) is 21.8. The van der Waals surface area contributed by atoms with Gasteiger partial charge in [-0.1, -0.05) is 121 Å². The fourth-order valence-corrected chi connectivity index (χ4v) is 7.51. The van der Waals surface area contributed by atoms with Crippen molar-refractivity contribution in [1.82, 2.24) is 9.55 Å². The molecular formula is C42H28N2. The van der Waals surface area contributed by atoms with Gasteiger partial charge in [-0.25, -0.2) is 0 Å². The van der Waals surface area contributed by atoms with E-state index in [0.717, 1.165) is 27.6 Å². The summed E-state index contributed by atoms with van der Waals surface area (Å²) in [6, 6.07) is 59.5. The Bertz CT molecular complexity index is 2290. The van der Waals surface area contributed by atoms with Gasteiger partial charge < -0.3 is 4.57 Å². The normalized spacial score (nSPS) is 13.2. The lowest BCUT2D eigenvalue weighted by Gasteiger charge is -2.34. The fourth-order valence-electron chi connectivity index (χ4n) is 7.51. The quantitative estimate of drug-likeness (QED) is 0.209. The van der Waals surface area contributed by atoms with Gasteiger partial charge in [0.05, 0.1) is 22.0 Å². The third-order valence-electron chi connectivity index (χ3n) is 9.32. The molecule has 0 unspecified atom stereocenters. The van der Waals surface area contributed by atoms with Crippen LogP contribution in [0.25, 0.3) is 49.9 Å². The first kappa shape index (κ1) is 24.8. The van der Waals surface area contributed by atoms with Gasteiger partial charge in [0.2, 0.25) is 0 Å². The van der Waals surface area contributed by atoms with Gasteiger partial charge in [-0.15, -0.1) is 0 Å². The van der Waals surface area contributed by atoms with Gasteiger partial charge in [0.15, 0.2) is 0 Å². The Balaban J connectivity index is 1.29. The van der Waals surface area contributed by atoms with E-state index in [1.807, 2.05) is 12.3 Å². The molecule has 8 aromatic rings. The van der Waals surface area contributed by atoms with Crippen LogP contribution in [0.4, 0.5) is 0 Å². The molecule has 0 amide bonds. The fraction of sp³-hybridized carbons (Fsp3) is 0.0238. The second-order valence-electron chi connectivity index (χ2n) is 11.6. The molecule has 2 heteroatoms. The second-order valence-corrected chi connectivity index (χ2v) is 11.6. The van der Waals surface area contributed by atoms with Crippen molar-refractivity contribution in [2.24, 2.45) is 0 Å². The molecule has 0 aliphatic heterocycles. The van der Waals surface area contributed by atoms with Gasteiger partial charge in [-0.05, 0) is 87.0 Å². The maximum Gasteiger partial charge on any atom is 0.0963 e. The third-order valence-corrected chi connectivity index (χ3v) is 9.32. The van der Waals surface area contributed by atoms with Crippen molar-refractivity contribution in [1.29, 1.82) is 0 Å². The van der Waals surface area contributed by atoms with Crippen LogP contribution in [0.2, 0.25) is 0 Å². The molecule has 2 heterocycles. The molecule has 0 fully saturated rings. The summed E-state index contributed by atoms with van der Waals surface area (Å²) in [5, 5.41) is 1.15. The van der Waals surface area contributed by atoms with Crippen LogP contribution < -0.4 is 0 Å². The van der Waals surface area contributed by atoms with Crippen LogP contribution in [0.1, 0.15) is 22.3 Å². The smallest absolute Gasteiger partial charge is 0.0963 e. The minimum atomic E-state index is -0.417. The molecule has 0 bridgehead atoms. The lowest BCUT2D eigenvalue weighted by Crippen LogP contribution is -2.28. The summed E-state index contributed by atoms with van der Waals surface area (Å²) in [6.45, 7) is 0. The molecule has 6 aromatic carbocycles. The number of hydrogen-bond donors (Lipinski definition) is 0. The van der Waals surface area contributed by atoms with E-state index in [4.69, 9.17) is 4.98 Å². The van der Waals surface area contributed by atoms with Crippen LogP contribution in [0.15, 0.2) is 170 Å². The molecule has 0 saturated carbocycles. The molecule has 2 aromatic heterocycles. The zero-order valence-corrected chi connectivity index (χ0v) is 24.1. The van der Waals surface area contributed by atoms with Crippen LogP contribution in [0, 0.1) is 0 Å². The van der Waals surface area contributed by atoms with Crippen LogP contribution >= 0.6 is 0 Å². The van der Waals surface area contributed by atoms with Gasteiger partial charge in [-0.3, -0.25) is 4.98 Å². The number of benzene rings is 6. The van der Waals surface area contributed by atoms with E-state index in [2.05, 4.69) is 162 Å². The number of hydrogen-bond acceptors (Lipinski definition) is 1. The van der Waals surface area contributed by atoms with Gasteiger partial charge in [0, 0.05) is 17.3 Å². The number of aromatic nitrogens is 2. The average molecular weight is 561 g/mol. The highest BCUT2D eigenvalue weighted by Crippen LogP contribution is 2.56. The highest BCUT2D eigenvalue weighted by molar-refractivity contribution is 6.08. The zero-order valence-electron chi connectivity index (χ0n) is 24.1. The maximum absolute atomic E-state index is 4.85. The Morgan fingerprint density at radius 2 is 1.09 bits per heavy atom. The molecule has 0 saturated heterocycles. The van der Waals surface area contributed by atoms with Gasteiger partial charge in [0.25, 0.3) is 0 Å². The van der Waals surface area contributed by atoms with Crippen molar-refractivity contribution in [3.8, 4) is 27.9 Å². The van der Waals surface area contributed by atoms with Crippen molar-refractivity contribution in [3.05, 3.63) is 192 Å². The van der Waals surface area contributed by atoms with E-state index in [0.29, 0.717) is 0 Å². The summed E-state index contributed by atoms with van der Waals surface area (Å²) < 4.78 is 2.31. The number of para-hydroxylation sites is 1. The molecule has 1 aliphatic carbocycles. The van der Waals surface area contributed by atoms with Gasteiger partial charge in [0.1, 0.15) is 0 Å². The molecule has 0 atom stereocenters. The maximum atomic E-state index is 4.85. The Labute approximate surface area is 256 Å². The van der Waals surface area contributed by atoms with E-state index in [-0.39, 0.29) is 0 Å². The third kappa shape index (κ3) is 3.46. The molecule has 1 aliphatic rings. The largest absolute Gasteiger partial charge is 0.308 e. The highest BCUT2D eigenvalue weighted by atomic mass is 15.0. The number of rotatable bonds is 4. The summed E-state index contributed by atoms with van der Waals surface area (Å²) in [4.78, 5) is 4.85. The molecule has 2 nitrogen and oxygen atoms in total. The number of pyridine rings is 1. The van der Waals surface area contributed by atoms with Crippen LogP contribution in [-0.4, -0.2) is 9.55 Å². The van der Waals surface area contributed by atoms with E-state index in [1.54, 1.807) is 0 Å². The summed E-state index contributed by atoms with van der Waals surface area (Å²) >= 11 is 0. The summed E-state index contributed by atoms with van der Waals surface area (Å²) in [6.07, 6.45) is 1.89. The number of nitrogens with zero attached hydrogens (tertiary/aromatic N) is 2. The van der Waals surface area contributed by atoms with E-state index < -0.39 is 5.41 Å². The summed E-state index contributed by atoms with van der Waals surface area (Å²) in [7, 11) is 0. The Morgan fingerprint density at radius 3 is 1.84 bits per heavy atom. The first-order valence-electron chi connectivity index (χ1n) is 15.1. The Kier molecular flexibility index (Phi) is 5.45. The van der Waals surface area contributed by atoms with E-state index in [1.165, 1.54) is 44.5 Å². The van der Waals surface area contributed by atoms with Crippen molar-refractivity contribution in [2.45, 2.75) is 5.41 Å². The predicted octanol–water partition coefficient (Wildman–Crippen LogP) is 10.2. The van der Waals surface area contributed by atoms with Gasteiger partial charge in [-0.2, -0.15) is 0 Å². The Hall–Kier alpha value is -5.73. The summed E-state index contributed by atoms with van der Waals surface area (Å²) in [5.41, 5.74) is 14.2. The lowest BCUT2D eigenvalue weighted by molar-refractivity contribution is 0.769. The molecule has 0 N–H and O–H groups in total. The topological polar surface area (TPSA) is 17.8 Å². The Morgan fingerprint density at radius 1 is 0.455 bits per heavy atom. The average Bonchev–Trinajstić information content (AvgIpc) is 3.60. The van der Waals surface area contributed by atoms with Crippen molar-refractivity contribution in [3.63, 3.8) is 0 Å². The molecule has 9 rings (SSSR count). The summed E-state index contributed by atoms with van der Waals surface area (Å²) in [5.74, 6) is 0. The molecule has 44 heavy (non-hydrogen) atoms. The van der Waals surface area contributed by atoms with Gasteiger partial charge >= 0.3 is 0 Å². The monoisotopic (exact) mass is 560 g/mol.